The lowest BCUT2D eigenvalue weighted by Gasteiger charge is -2.10. The Morgan fingerprint density at radius 3 is 3.00 bits per heavy atom. The average Bonchev–Trinajstić information content (AvgIpc) is 2.39. The number of esters is 1. The zero-order valence-corrected chi connectivity index (χ0v) is 11.9. The summed E-state index contributed by atoms with van der Waals surface area (Å²) in [6.45, 7) is 2.20. The second-order valence-corrected chi connectivity index (χ2v) is 4.26. The van der Waals surface area contributed by atoms with Crippen LogP contribution in [0.15, 0.2) is 30.5 Å². The molecule has 0 aromatic carbocycles. The van der Waals surface area contributed by atoms with Crippen molar-refractivity contribution in [1.29, 1.82) is 0 Å². The Morgan fingerprint density at radius 2 is 2.37 bits per heavy atom. The number of nitrogens with zero attached hydrogens (tertiary/aromatic N) is 1. The summed E-state index contributed by atoms with van der Waals surface area (Å²) in [7, 11) is 1.60. The van der Waals surface area contributed by atoms with Gasteiger partial charge in [-0.3, -0.25) is 9.78 Å². The van der Waals surface area contributed by atoms with Crippen molar-refractivity contribution in [2.45, 2.75) is 25.9 Å². The van der Waals surface area contributed by atoms with Gasteiger partial charge in [0.25, 0.3) is 0 Å². The van der Waals surface area contributed by atoms with Gasteiger partial charge in [-0.05, 0) is 25.5 Å². The molecule has 0 unspecified atom stereocenters. The maximum Gasteiger partial charge on any atom is 0.306 e. The fraction of sp³-hybridized carbons (Fsp3) is 0.429. The van der Waals surface area contributed by atoms with Crippen LogP contribution in [0.3, 0.4) is 0 Å². The van der Waals surface area contributed by atoms with E-state index in [-0.39, 0.29) is 12.1 Å². The van der Waals surface area contributed by atoms with Crippen LogP contribution in [0, 0.1) is 0 Å². The van der Waals surface area contributed by atoms with Gasteiger partial charge in [-0.15, -0.1) is 0 Å². The number of pyridine rings is 1. The van der Waals surface area contributed by atoms with Crippen molar-refractivity contribution < 1.29 is 14.3 Å². The van der Waals surface area contributed by atoms with E-state index in [2.05, 4.69) is 4.98 Å². The maximum atomic E-state index is 11.2. The molecule has 0 saturated heterocycles. The highest BCUT2D eigenvalue weighted by atomic mass is 35.5. The Morgan fingerprint density at radius 1 is 1.58 bits per heavy atom. The quantitative estimate of drug-likeness (QED) is 0.569. The third-order valence-corrected chi connectivity index (χ3v) is 2.65. The Balaban J connectivity index is 2.50. The third-order valence-electron chi connectivity index (χ3n) is 2.42. The molecule has 1 heterocycles. The zero-order chi connectivity index (χ0) is 14.1. The molecule has 19 heavy (non-hydrogen) atoms. The van der Waals surface area contributed by atoms with Crippen LogP contribution in [-0.2, 0) is 14.3 Å². The minimum Gasteiger partial charge on any atom is -0.466 e. The van der Waals surface area contributed by atoms with Crippen LogP contribution in [0.4, 0.5) is 0 Å². The normalized spacial score (nSPS) is 12.6. The molecule has 0 aliphatic rings. The Bertz CT molecular complexity index is 434. The molecular weight excluding hydrogens is 266 g/mol. The summed E-state index contributed by atoms with van der Waals surface area (Å²) in [6.07, 6.45) is 6.09. The lowest BCUT2D eigenvalue weighted by molar-refractivity contribution is -0.143. The van der Waals surface area contributed by atoms with Gasteiger partial charge in [-0.2, -0.15) is 0 Å². The van der Waals surface area contributed by atoms with Crippen molar-refractivity contribution in [3.05, 3.63) is 41.2 Å². The zero-order valence-electron chi connectivity index (χ0n) is 11.1. The molecule has 0 aliphatic carbocycles. The summed E-state index contributed by atoms with van der Waals surface area (Å²) >= 11 is 5.90. The van der Waals surface area contributed by atoms with Crippen LogP contribution in [0.2, 0.25) is 5.02 Å². The number of aromatic nitrogens is 1. The first-order valence-corrected chi connectivity index (χ1v) is 6.51. The van der Waals surface area contributed by atoms with E-state index in [1.807, 2.05) is 12.2 Å². The van der Waals surface area contributed by atoms with E-state index in [1.165, 1.54) is 0 Å². The minimum atomic E-state index is -0.263. The van der Waals surface area contributed by atoms with Crippen molar-refractivity contribution in [2.24, 2.45) is 0 Å². The number of carbonyl (C=O) groups is 1. The van der Waals surface area contributed by atoms with Crippen LogP contribution in [0.25, 0.3) is 0 Å². The molecule has 0 bridgehead atoms. The highest BCUT2D eigenvalue weighted by Crippen LogP contribution is 2.19. The van der Waals surface area contributed by atoms with Gasteiger partial charge >= 0.3 is 5.97 Å². The summed E-state index contributed by atoms with van der Waals surface area (Å²) in [5, 5.41) is 0.618. The first kappa shape index (κ1) is 15.7. The Hall–Kier alpha value is -1.39. The van der Waals surface area contributed by atoms with E-state index in [0.29, 0.717) is 24.5 Å². The molecule has 0 spiro atoms. The van der Waals surface area contributed by atoms with Crippen molar-refractivity contribution >= 4 is 17.6 Å². The number of ether oxygens (including phenoxy) is 2. The third kappa shape index (κ3) is 5.85. The molecule has 1 aromatic heterocycles. The predicted octanol–water partition coefficient (Wildman–Crippen LogP) is 3.32. The average molecular weight is 284 g/mol. The van der Waals surface area contributed by atoms with Crippen molar-refractivity contribution in [3.63, 3.8) is 0 Å². The summed E-state index contributed by atoms with van der Waals surface area (Å²) in [6, 6.07) is 3.47. The summed E-state index contributed by atoms with van der Waals surface area (Å²) in [5.41, 5.74) is 0.738. The van der Waals surface area contributed by atoms with Gasteiger partial charge in [0.2, 0.25) is 0 Å². The number of allylic oxidation sites excluding steroid dienone is 1. The van der Waals surface area contributed by atoms with E-state index >= 15 is 0 Å². The largest absolute Gasteiger partial charge is 0.466 e. The highest BCUT2D eigenvalue weighted by Gasteiger charge is 2.08. The van der Waals surface area contributed by atoms with Gasteiger partial charge in [-0.1, -0.05) is 23.8 Å². The molecule has 104 valence electrons. The SMILES string of the molecule is CCOC(=O)CC/C=C/[C@H](OC)c1cc(Cl)ccn1. The smallest absolute Gasteiger partial charge is 0.306 e. The van der Waals surface area contributed by atoms with Crippen molar-refractivity contribution in [1.82, 2.24) is 4.98 Å². The summed E-state index contributed by atoms with van der Waals surface area (Å²) < 4.78 is 10.2. The molecular formula is C14H18ClNO3. The Kier molecular flexibility index (Phi) is 7.15. The number of methoxy groups -OCH3 is 1. The van der Waals surface area contributed by atoms with E-state index in [4.69, 9.17) is 21.1 Å². The van der Waals surface area contributed by atoms with E-state index in [9.17, 15) is 4.79 Å². The molecule has 1 atom stereocenters. The lowest BCUT2D eigenvalue weighted by Crippen LogP contribution is -2.03. The fourth-order valence-corrected chi connectivity index (χ4v) is 1.70. The second-order valence-electron chi connectivity index (χ2n) is 3.83. The second kappa shape index (κ2) is 8.67. The molecule has 0 saturated carbocycles. The van der Waals surface area contributed by atoms with Crippen molar-refractivity contribution in [3.8, 4) is 0 Å². The van der Waals surface area contributed by atoms with Crippen LogP contribution in [-0.4, -0.2) is 24.7 Å². The van der Waals surface area contributed by atoms with Crippen LogP contribution in [0.5, 0.6) is 0 Å². The van der Waals surface area contributed by atoms with Gasteiger partial charge in [0.1, 0.15) is 6.10 Å². The highest BCUT2D eigenvalue weighted by molar-refractivity contribution is 6.30. The van der Waals surface area contributed by atoms with E-state index in [0.717, 1.165) is 5.69 Å². The topological polar surface area (TPSA) is 48.4 Å². The summed E-state index contributed by atoms with van der Waals surface area (Å²) in [4.78, 5) is 15.4. The number of hydrogen-bond donors (Lipinski definition) is 0. The molecule has 5 heteroatoms. The minimum absolute atomic E-state index is 0.193. The van der Waals surface area contributed by atoms with Crippen LogP contribution < -0.4 is 0 Å². The molecule has 1 rings (SSSR count). The Labute approximate surface area is 118 Å². The fourth-order valence-electron chi connectivity index (χ4n) is 1.53. The van der Waals surface area contributed by atoms with Crippen molar-refractivity contribution in [2.75, 3.05) is 13.7 Å². The molecule has 0 N–H and O–H groups in total. The van der Waals surface area contributed by atoms with Gasteiger partial charge in [0.05, 0.1) is 12.3 Å². The first-order chi connectivity index (χ1) is 9.17. The molecule has 4 nitrogen and oxygen atoms in total. The van der Waals surface area contributed by atoms with E-state index < -0.39 is 0 Å². The van der Waals surface area contributed by atoms with Gasteiger partial charge in [0, 0.05) is 24.8 Å². The maximum absolute atomic E-state index is 11.2. The number of carbonyl (C=O) groups excluding carboxylic acids is 1. The number of halogens is 1. The molecule has 0 fully saturated rings. The first-order valence-electron chi connectivity index (χ1n) is 6.14. The van der Waals surface area contributed by atoms with Gasteiger partial charge < -0.3 is 9.47 Å². The van der Waals surface area contributed by atoms with Crippen LogP contribution in [0.1, 0.15) is 31.6 Å². The molecule has 0 amide bonds. The molecule has 1 aromatic rings. The van der Waals surface area contributed by atoms with Gasteiger partial charge in [0.15, 0.2) is 0 Å². The number of rotatable bonds is 7. The van der Waals surface area contributed by atoms with E-state index in [1.54, 1.807) is 32.4 Å². The van der Waals surface area contributed by atoms with Crippen LogP contribution >= 0.6 is 11.6 Å². The summed E-state index contributed by atoms with van der Waals surface area (Å²) in [5.74, 6) is -0.193. The van der Waals surface area contributed by atoms with Gasteiger partial charge in [-0.25, -0.2) is 0 Å². The molecule has 0 aliphatic heterocycles. The molecule has 0 radical (unpaired) electrons. The predicted molar refractivity (Wildman–Crippen MR) is 74.0 cm³/mol. The number of hydrogen-bond acceptors (Lipinski definition) is 4. The standard InChI is InChI=1S/C14H18ClNO3/c1-3-19-14(17)7-5-4-6-13(18-2)12-10-11(15)8-9-16-12/h4,6,8-10,13H,3,5,7H2,1-2H3/b6-4+/t13-/m0/s1. The monoisotopic (exact) mass is 283 g/mol. The lowest BCUT2D eigenvalue weighted by atomic mass is 10.2.